The van der Waals surface area contributed by atoms with Gasteiger partial charge in [-0.05, 0) is 43.2 Å². The highest BCUT2D eigenvalue weighted by Crippen LogP contribution is 2.21. The average Bonchev–Trinajstić information content (AvgIpc) is 3.49. The standard InChI is InChI=1S/C24H23ClN4O4/c1-32-20-7-3-2-5-16(20)13-27-15-26-22-21(27)23(30)28(14-19-6-4-12-33-19)24(31)29(22)18-10-8-17(25)9-11-18/h2-3,5,7-11,15,19H,4,6,12-14H2,1H3/t19-/m1/s1. The van der Waals surface area contributed by atoms with Crippen LogP contribution in [0, 0.1) is 0 Å². The second-order valence-electron chi connectivity index (χ2n) is 8.00. The van der Waals surface area contributed by atoms with E-state index in [9.17, 15) is 9.59 Å². The molecule has 1 aliphatic heterocycles. The van der Waals surface area contributed by atoms with Gasteiger partial charge in [0, 0.05) is 17.2 Å². The third-order valence-corrected chi connectivity index (χ3v) is 6.18. The molecule has 2 aromatic carbocycles. The Hall–Kier alpha value is -3.36. The van der Waals surface area contributed by atoms with Crippen LogP contribution in [0.3, 0.4) is 0 Å². The Kier molecular flexibility index (Phi) is 5.78. The van der Waals surface area contributed by atoms with Gasteiger partial charge in [-0.15, -0.1) is 0 Å². The van der Waals surface area contributed by atoms with Crippen molar-refractivity contribution >= 4 is 22.8 Å². The summed E-state index contributed by atoms with van der Waals surface area (Å²) in [4.78, 5) is 31.6. The van der Waals surface area contributed by atoms with Gasteiger partial charge >= 0.3 is 5.69 Å². The van der Waals surface area contributed by atoms with Gasteiger partial charge in [0.05, 0.1) is 38.3 Å². The van der Waals surface area contributed by atoms with Gasteiger partial charge in [0.2, 0.25) is 0 Å². The molecule has 9 heteroatoms. The van der Waals surface area contributed by atoms with Crippen molar-refractivity contribution in [3.05, 3.63) is 86.3 Å². The molecule has 0 bridgehead atoms. The molecule has 0 radical (unpaired) electrons. The molecule has 8 nitrogen and oxygen atoms in total. The van der Waals surface area contributed by atoms with Crippen LogP contribution >= 0.6 is 11.6 Å². The van der Waals surface area contributed by atoms with Crippen molar-refractivity contribution in [3.8, 4) is 11.4 Å². The lowest BCUT2D eigenvalue weighted by molar-refractivity contribution is 0.0950. The van der Waals surface area contributed by atoms with Gasteiger partial charge in [-0.1, -0.05) is 29.8 Å². The fraction of sp³-hybridized carbons (Fsp3) is 0.292. The van der Waals surface area contributed by atoms with Crippen LogP contribution < -0.4 is 16.0 Å². The summed E-state index contributed by atoms with van der Waals surface area (Å²) < 4.78 is 15.7. The summed E-state index contributed by atoms with van der Waals surface area (Å²) in [5, 5.41) is 0.553. The van der Waals surface area contributed by atoms with E-state index in [1.54, 1.807) is 42.3 Å². The van der Waals surface area contributed by atoms with E-state index in [0.29, 0.717) is 40.8 Å². The number of halogens is 1. The van der Waals surface area contributed by atoms with Gasteiger partial charge in [0.15, 0.2) is 11.2 Å². The number of rotatable bonds is 6. The van der Waals surface area contributed by atoms with Crippen LogP contribution in [0.5, 0.6) is 5.75 Å². The Bertz CT molecular complexity index is 1420. The molecule has 0 amide bonds. The third-order valence-electron chi connectivity index (χ3n) is 5.93. The van der Waals surface area contributed by atoms with Gasteiger partial charge in [-0.3, -0.25) is 9.36 Å². The number of imidazole rings is 1. The Balaban J connectivity index is 1.72. The lowest BCUT2D eigenvalue weighted by atomic mass is 10.2. The maximum absolute atomic E-state index is 13.6. The van der Waals surface area contributed by atoms with Crippen molar-refractivity contribution in [1.82, 2.24) is 18.7 Å². The quantitative estimate of drug-likeness (QED) is 0.436. The number of nitrogens with zero attached hydrogens (tertiary/aromatic N) is 4. The molecular weight excluding hydrogens is 444 g/mol. The lowest BCUT2D eigenvalue weighted by Crippen LogP contribution is -2.42. The smallest absolute Gasteiger partial charge is 0.337 e. The number of fused-ring (bicyclic) bond motifs is 1. The summed E-state index contributed by atoms with van der Waals surface area (Å²) >= 11 is 6.06. The van der Waals surface area contributed by atoms with E-state index >= 15 is 0 Å². The number of ether oxygens (including phenoxy) is 2. The molecule has 0 aliphatic carbocycles. The lowest BCUT2D eigenvalue weighted by Gasteiger charge is -2.15. The number of methoxy groups -OCH3 is 1. The first-order chi connectivity index (χ1) is 16.1. The molecule has 1 atom stereocenters. The van der Waals surface area contributed by atoms with Crippen molar-refractivity contribution in [3.63, 3.8) is 0 Å². The van der Waals surface area contributed by atoms with Crippen LogP contribution in [0.15, 0.2) is 64.4 Å². The number of para-hydroxylation sites is 1. The van der Waals surface area contributed by atoms with E-state index in [0.717, 1.165) is 18.4 Å². The summed E-state index contributed by atoms with van der Waals surface area (Å²) in [6.45, 7) is 1.20. The first-order valence-corrected chi connectivity index (χ1v) is 11.1. The van der Waals surface area contributed by atoms with Crippen molar-refractivity contribution < 1.29 is 9.47 Å². The van der Waals surface area contributed by atoms with Crippen molar-refractivity contribution in [2.45, 2.75) is 32.0 Å². The number of aromatic nitrogens is 4. The zero-order valence-corrected chi connectivity index (χ0v) is 18.9. The van der Waals surface area contributed by atoms with Gasteiger partial charge in [-0.25, -0.2) is 14.3 Å². The second kappa shape index (κ2) is 8.88. The van der Waals surface area contributed by atoms with Gasteiger partial charge in [0.1, 0.15) is 5.75 Å². The predicted molar refractivity (Wildman–Crippen MR) is 126 cm³/mol. The molecule has 4 aromatic rings. The van der Waals surface area contributed by atoms with Crippen molar-refractivity contribution in [2.24, 2.45) is 0 Å². The van der Waals surface area contributed by atoms with Crippen LogP contribution in [0.1, 0.15) is 18.4 Å². The van der Waals surface area contributed by atoms with E-state index in [2.05, 4.69) is 4.98 Å². The number of benzene rings is 2. The Morgan fingerprint density at radius 1 is 1.15 bits per heavy atom. The van der Waals surface area contributed by atoms with Crippen LogP contribution in [0.25, 0.3) is 16.9 Å². The molecule has 0 unspecified atom stereocenters. The maximum atomic E-state index is 13.6. The van der Waals surface area contributed by atoms with Gasteiger partial charge in [-0.2, -0.15) is 0 Å². The predicted octanol–water partition coefficient (Wildman–Crippen LogP) is 3.24. The minimum Gasteiger partial charge on any atom is -0.496 e. The van der Waals surface area contributed by atoms with E-state index in [1.807, 2.05) is 24.3 Å². The second-order valence-corrected chi connectivity index (χ2v) is 8.44. The highest BCUT2D eigenvalue weighted by atomic mass is 35.5. The molecular formula is C24H23ClN4O4. The summed E-state index contributed by atoms with van der Waals surface area (Å²) in [5.74, 6) is 0.713. The first-order valence-electron chi connectivity index (χ1n) is 10.8. The fourth-order valence-corrected chi connectivity index (χ4v) is 4.42. The van der Waals surface area contributed by atoms with Crippen molar-refractivity contribution in [1.29, 1.82) is 0 Å². The largest absolute Gasteiger partial charge is 0.496 e. The molecule has 1 aliphatic rings. The van der Waals surface area contributed by atoms with Crippen molar-refractivity contribution in [2.75, 3.05) is 13.7 Å². The maximum Gasteiger partial charge on any atom is 0.337 e. The normalized spacial score (nSPS) is 15.9. The van der Waals surface area contributed by atoms with Gasteiger partial charge in [0.25, 0.3) is 5.56 Å². The monoisotopic (exact) mass is 466 g/mol. The van der Waals surface area contributed by atoms with Gasteiger partial charge < -0.3 is 14.0 Å². The highest BCUT2D eigenvalue weighted by Gasteiger charge is 2.23. The molecule has 1 fully saturated rings. The van der Waals surface area contributed by atoms with E-state index in [1.165, 1.54) is 9.13 Å². The Morgan fingerprint density at radius 3 is 2.67 bits per heavy atom. The molecule has 2 aromatic heterocycles. The summed E-state index contributed by atoms with van der Waals surface area (Å²) in [6.07, 6.45) is 3.14. The minimum atomic E-state index is -0.451. The molecule has 33 heavy (non-hydrogen) atoms. The first kappa shape index (κ1) is 21.5. The van der Waals surface area contributed by atoms with Crippen LogP contribution in [0.4, 0.5) is 0 Å². The zero-order chi connectivity index (χ0) is 22.9. The van der Waals surface area contributed by atoms with Crippen LogP contribution in [-0.2, 0) is 17.8 Å². The van der Waals surface area contributed by atoms with E-state index in [4.69, 9.17) is 21.1 Å². The fourth-order valence-electron chi connectivity index (χ4n) is 4.29. The SMILES string of the molecule is COc1ccccc1Cn1cnc2c1c(=O)n(C[C@H]1CCCO1)c(=O)n2-c1ccc(Cl)cc1. The molecule has 1 saturated heterocycles. The average molecular weight is 467 g/mol. The summed E-state index contributed by atoms with van der Waals surface area (Å²) in [7, 11) is 1.61. The topological polar surface area (TPSA) is 80.3 Å². The molecule has 0 saturated carbocycles. The molecule has 3 heterocycles. The minimum absolute atomic E-state index is 0.169. The molecule has 0 N–H and O–H groups in total. The molecule has 170 valence electrons. The Morgan fingerprint density at radius 2 is 1.94 bits per heavy atom. The summed E-state index contributed by atoms with van der Waals surface area (Å²) in [5.41, 5.74) is 1.28. The molecule has 5 rings (SSSR count). The zero-order valence-electron chi connectivity index (χ0n) is 18.1. The molecule has 0 spiro atoms. The van der Waals surface area contributed by atoms with E-state index in [-0.39, 0.29) is 18.2 Å². The third kappa shape index (κ3) is 3.96. The van der Waals surface area contributed by atoms with E-state index < -0.39 is 5.69 Å². The number of hydrogen-bond donors (Lipinski definition) is 0. The van der Waals surface area contributed by atoms with Crippen LogP contribution in [-0.4, -0.2) is 38.5 Å². The van der Waals surface area contributed by atoms with Crippen LogP contribution in [0.2, 0.25) is 5.02 Å². The Labute approximate surface area is 194 Å². The number of hydrogen-bond acceptors (Lipinski definition) is 5. The highest BCUT2D eigenvalue weighted by molar-refractivity contribution is 6.30. The summed E-state index contributed by atoms with van der Waals surface area (Å²) in [6, 6.07) is 14.5.